The number of rotatable bonds is 3. The van der Waals surface area contributed by atoms with Crippen LogP contribution in [0.5, 0.6) is 0 Å². The zero-order valence-electron chi connectivity index (χ0n) is 10.3. The molecule has 1 aromatic heterocycles. The standard InChI is InChI=1S/C12H15N3O2S/c1-9-11(13)4-3-5-12(9)18(16,17)8-10-6-14-15(2)7-10/h3-7H,8,13H2,1-2H3. The Balaban J connectivity index is 2.40. The minimum absolute atomic E-state index is 0.0644. The van der Waals surface area contributed by atoms with Crippen molar-refractivity contribution in [2.24, 2.45) is 7.05 Å². The number of aromatic nitrogens is 2. The third kappa shape index (κ3) is 2.38. The van der Waals surface area contributed by atoms with Gasteiger partial charge in [0.05, 0.1) is 16.8 Å². The fourth-order valence-corrected chi connectivity index (χ4v) is 3.43. The summed E-state index contributed by atoms with van der Waals surface area (Å²) in [6.45, 7) is 1.71. The van der Waals surface area contributed by atoms with Crippen molar-refractivity contribution < 1.29 is 8.42 Å². The highest BCUT2D eigenvalue weighted by Crippen LogP contribution is 2.23. The second kappa shape index (κ2) is 4.45. The molecule has 2 aromatic rings. The highest BCUT2D eigenvalue weighted by atomic mass is 32.2. The number of sulfone groups is 1. The molecule has 1 heterocycles. The Hall–Kier alpha value is -1.82. The maximum atomic E-state index is 12.3. The first-order chi connectivity index (χ1) is 8.40. The van der Waals surface area contributed by atoms with Crippen LogP contribution in [0.1, 0.15) is 11.1 Å². The Kier molecular flexibility index (Phi) is 3.13. The molecule has 18 heavy (non-hydrogen) atoms. The largest absolute Gasteiger partial charge is 0.398 e. The van der Waals surface area contributed by atoms with E-state index in [4.69, 9.17) is 5.73 Å². The smallest absolute Gasteiger partial charge is 0.182 e. The van der Waals surface area contributed by atoms with Crippen molar-refractivity contribution in [3.05, 3.63) is 41.7 Å². The third-order valence-electron chi connectivity index (χ3n) is 2.78. The van der Waals surface area contributed by atoms with E-state index in [-0.39, 0.29) is 10.6 Å². The average Bonchev–Trinajstić information content (AvgIpc) is 2.67. The van der Waals surface area contributed by atoms with Crippen molar-refractivity contribution in [3.63, 3.8) is 0 Å². The summed E-state index contributed by atoms with van der Waals surface area (Å²) in [5.74, 6) is -0.0644. The minimum atomic E-state index is -3.39. The summed E-state index contributed by atoms with van der Waals surface area (Å²) in [6, 6.07) is 4.92. The number of aryl methyl sites for hydroxylation is 1. The molecule has 0 aliphatic rings. The van der Waals surface area contributed by atoms with Gasteiger partial charge in [0.25, 0.3) is 0 Å². The first-order valence-corrected chi connectivity index (χ1v) is 7.11. The normalized spacial score (nSPS) is 11.7. The van der Waals surface area contributed by atoms with Crippen LogP contribution in [0.2, 0.25) is 0 Å². The van der Waals surface area contributed by atoms with Gasteiger partial charge in [-0.25, -0.2) is 8.42 Å². The second-order valence-corrected chi connectivity index (χ2v) is 6.21. The number of nitrogens with zero attached hydrogens (tertiary/aromatic N) is 2. The molecule has 0 saturated carbocycles. The molecule has 0 aliphatic heterocycles. The van der Waals surface area contributed by atoms with Crippen LogP contribution in [0.4, 0.5) is 5.69 Å². The number of nitrogen functional groups attached to an aromatic ring is 1. The fourth-order valence-electron chi connectivity index (χ4n) is 1.81. The molecule has 0 saturated heterocycles. The summed E-state index contributed by atoms with van der Waals surface area (Å²) >= 11 is 0. The van der Waals surface area contributed by atoms with Crippen LogP contribution in [0, 0.1) is 6.92 Å². The molecule has 0 bridgehead atoms. The lowest BCUT2D eigenvalue weighted by Gasteiger charge is -2.08. The molecule has 2 N–H and O–H groups in total. The van der Waals surface area contributed by atoms with Gasteiger partial charge in [0, 0.05) is 24.5 Å². The van der Waals surface area contributed by atoms with Crippen molar-refractivity contribution in [2.75, 3.05) is 5.73 Å². The predicted octanol–water partition coefficient (Wildman–Crippen LogP) is 1.28. The zero-order valence-corrected chi connectivity index (χ0v) is 11.1. The Morgan fingerprint density at radius 1 is 1.39 bits per heavy atom. The molecule has 6 heteroatoms. The zero-order chi connectivity index (χ0) is 13.3. The average molecular weight is 265 g/mol. The van der Waals surface area contributed by atoms with Crippen LogP contribution in [-0.4, -0.2) is 18.2 Å². The lowest BCUT2D eigenvalue weighted by Crippen LogP contribution is -2.07. The van der Waals surface area contributed by atoms with Gasteiger partial charge in [-0.3, -0.25) is 4.68 Å². The summed E-state index contributed by atoms with van der Waals surface area (Å²) in [7, 11) is -1.63. The highest BCUT2D eigenvalue weighted by molar-refractivity contribution is 7.90. The van der Waals surface area contributed by atoms with Crippen molar-refractivity contribution in [1.82, 2.24) is 9.78 Å². The lowest BCUT2D eigenvalue weighted by atomic mass is 10.2. The molecular weight excluding hydrogens is 250 g/mol. The number of hydrogen-bond acceptors (Lipinski definition) is 4. The lowest BCUT2D eigenvalue weighted by molar-refractivity contribution is 0.594. The van der Waals surface area contributed by atoms with E-state index < -0.39 is 9.84 Å². The Bertz CT molecular complexity index is 674. The monoisotopic (exact) mass is 265 g/mol. The van der Waals surface area contributed by atoms with E-state index in [1.807, 2.05) is 0 Å². The van der Waals surface area contributed by atoms with Gasteiger partial charge in [0.1, 0.15) is 0 Å². The second-order valence-electron chi connectivity index (χ2n) is 4.25. The Morgan fingerprint density at radius 3 is 2.72 bits per heavy atom. The molecule has 0 radical (unpaired) electrons. The molecule has 0 amide bonds. The first kappa shape index (κ1) is 12.6. The molecule has 0 unspecified atom stereocenters. The Morgan fingerprint density at radius 2 is 2.11 bits per heavy atom. The van der Waals surface area contributed by atoms with Crippen LogP contribution in [-0.2, 0) is 22.6 Å². The van der Waals surface area contributed by atoms with Gasteiger partial charge >= 0.3 is 0 Å². The number of anilines is 1. The van der Waals surface area contributed by atoms with Crippen LogP contribution in [0.25, 0.3) is 0 Å². The predicted molar refractivity (Wildman–Crippen MR) is 69.7 cm³/mol. The van der Waals surface area contributed by atoms with E-state index in [2.05, 4.69) is 5.10 Å². The van der Waals surface area contributed by atoms with Gasteiger partial charge in [0.2, 0.25) is 0 Å². The van der Waals surface area contributed by atoms with Gasteiger partial charge < -0.3 is 5.73 Å². The van der Waals surface area contributed by atoms with E-state index in [1.165, 1.54) is 0 Å². The van der Waals surface area contributed by atoms with Crippen molar-refractivity contribution in [3.8, 4) is 0 Å². The molecule has 0 atom stereocenters. The van der Waals surface area contributed by atoms with Crippen molar-refractivity contribution in [2.45, 2.75) is 17.6 Å². The molecule has 2 rings (SSSR count). The minimum Gasteiger partial charge on any atom is -0.398 e. The first-order valence-electron chi connectivity index (χ1n) is 5.45. The van der Waals surface area contributed by atoms with Crippen LogP contribution in [0.3, 0.4) is 0 Å². The summed E-state index contributed by atoms with van der Waals surface area (Å²) in [5, 5.41) is 3.96. The summed E-state index contributed by atoms with van der Waals surface area (Å²) in [5.41, 5.74) is 7.49. The quantitative estimate of drug-likeness (QED) is 0.848. The molecule has 0 aliphatic carbocycles. The number of benzene rings is 1. The van der Waals surface area contributed by atoms with Crippen LogP contribution >= 0.6 is 0 Å². The third-order valence-corrected chi connectivity index (χ3v) is 4.60. The Labute approximate surface area is 106 Å². The van der Waals surface area contributed by atoms with Crippen LogP contribution < -0.4 is 5.73 Å². The molecule has 1 aromatic carbocycles. The van der Waals surface area contributed by atoms with Gasteiger partial charge in [-0.05, 0) is 24.6 Å². The van der Waals surface area contributed by atoms with Gasteiger partial charge in [-0.1, -0.05) is 6.07 Å². The maximum absolute atomic E-state index is 12.3. The molecule has 0 fully saturated rings. The van der Waals surface area contributed by atoms with E-state index in [1.54, 1.807) is 49.2 Å². The maximum Gasteiger partial charge on any atom is 0.182 e. The molecular formula is C12H15N3O2S. The van der Waals surface area contributed by atoms with Crippen molar-refractivity contribution in [1.29, 1.82) is 0 Å². The van der Waals surface area contributed by atoms with Gasteiger partial charge in [0.15, 0.2) is 9.84 Å². The molecule has 5 nitrogen and oxygen atoms in total. The number of nitrogens with two attached hydrogens (primary N) is 1. The molecule has 96 valence electrons. The SMILES string of the molecule is Cc1c(N)cccc1S(=O)(=O)Cc1cnn(C)c1. The van der Waals surface area contributed by atoms with E-state index in [0.29, 0.717) is 16.8 Å². The van der Waals surface area contributed by atoms with E-state index in [9.17, 15) is 8.42 Å². The number of hydrogen-bond donors (Lipinski definition) is 1. The summed E-state index contributed by atoms with van der Waals surface area (Å²) in [4.78, 5) is 0.284. The highest BCUT2D eigenvalue weighted by Gasteiger charge is 2.19. The fraction of sp³-hybridized carbons (Fsp3) is 0.250. The molecule has 0 spiro atoms. The topological polar surface area (TPSA) is 78.0 Å². The van der Waals surface area contributed by atoms with E-state index in [0.717, 1.165) is 0 Å². The van der Waals surface area contributed by atoms with Crippen LogP contribution in [0.15, 0.2) is 35.5 Å². The summed E-state index contributed by atoms with van der Waals surface area (Å²) in [6.07, 6.45) is 3.25. The van der Waals surface area contributed by atoms with Crippen molar-refractivity contribution >= 4 is 15.5 Å². The summed E-state index contributed by atoms with van der Waals surface area (Å²) < 4.78 is 26.2. The van der Waals surface area contributed by atoms with Gasteiger partial charge in [-0.15, -0.1) is 0 Å². The van der Waals surface area contributed by atoms with Gasteiger partial charge in [-0.2, -0.15) is 5.10 Å². The van der Waals surface area contributed by atoms with E-state index >= 15 is 0 Å².